The van der Waals surface area contributed by atoms with E-state index < -0.39 is 17.7 Å². The van der Waals surface area contributed by atoms with Crippen LogP contribution in [0.2, 0.25) is 0 Å². The average molecular weight is 1010 g/mol. The third-order valence-corrected chi connectivity index (χ3v) is 17.0. The molecule has 6 saturated heterocycles. The van der Waals surface area contributed by atoms with Gasteiger partial charge >= 0.3 is 12.0 Å². The molecule has 1 spiro atoms. The van der Waals surface area contributed by atoms with Gasteiger partial charge in [0.15, 0.2) is 5.82 Å². The Morgan fingerprint density at radius 3 is 2.42 bits per heavy atom. The van der Waals surface area contributed by atoms with E-state index in [1.807, 2.05) is 24.0 Å². The van der Waals surface area contributed by atoms with E-state index >= 15 is 8.78 Å². The number of rotatable bonds is 11. The topological polar surface area (TPSA) is 169 Å². The highest BCUT2D eigenvalue weighted by atomic mass is 19.1. The first kappa shape index (κ1) is 48.4. The molecule has 1 aliphatic carbocycles. The van der Waals surface area contributed by atoms with E-state index in [9.17, 15) is 19.5 Å². The molecule has 7 aliphatic rings. The van der Waals surface area contributed by atoms with E-state index in [0.29, 0.717) is 85.2 Å². The number of aromatic hydroxyl groups is 1. The zero-order valence-corrected chi connectivity index (χ0v) is 41.8. The van der Waals surface area contributed by atoms with Gasteiger partial charge in [0.1, 0.15) is 28.6 Å². The summed E-state index contributed by atoms with van der Waals surface area (Å²) in [5.41, 5.74) is 1.83. The number of halogens is 2. The number of benzene rings is 3. The Bertz CT molecular complexity index is 3090. The summed E-state index contributed by atoms with van der Waals surface area (Å²) in [6.45, 7) is 11.7. The van der Waals surface area contributed by atoms with Gasteiger partial charge in [0, 0.05) is 124 Å². The molecule has 3 unspecified atom stereocenters. The Balaban J connectivity index is 0.657. The minimum atomic E-state index is -0.733. The number of hydrogen-bond acceptors (Lipinski definition) is 13. The minimum Gasteiger partial charge on any atom is -0.508 e. The lowest BCUT2D eigenvalue weighted by Crippen LogP contribution is -2.53. The zero-order valence-electron chi connectivity index (χ0n) is 41.8. The molecule has 386 valence electrons. The first-order chi connectivity index (χ1) is 35.8. The van der Waals surface area contributed by atoms with Crippen LogP contribution in [0.1, 0.15) is 79.3 Å². The van der Waals surface area contributed by atoms with Crippen LogP contribution in [0.25, 0.3) is 32.9 Å². The fraction of sp³-hybridized carbons (Fsp3) is 0.500. The number of imide groups is 1. The van der Waals surface area contributed by atoms with Gasteiger partial charge in [-0.3, -0.25) is 24.8 Å². The SMILES string of the molecule is C#Cc1c(F)ccc2cc(O)cc(-c3ncc4c(N5CC6CCC(C5)N6)nc(OCC5(CN6CCN(CC7CCC8(CCN(C(=O)c9ccc(C)c(N%10CCC(=O)NC%10=O)c9)CC8)OC7)CC6)CC5)nc4c3F)c12. The highest BCUT2D eigenvalue weighted by Gasteiger charge is 2.46. The van der Waals surface area contributed by atoms with E-state index in [2.05, 4.69) is 36.2 Å². The fourth-order valence-corrected chi connectivity index (χ4v) is 12.5. The van der Waals surface area contributed by atoms with Gasteiger partial charge in [-0.05, 0) is 105 Å². The highest BCUT2D eigenvalue weighted by Crippen LogP contribution is 2.47. The van der Waals surface area contributed by atoms with Gasteiger partial charge in [-0.15, -0.1) is 6.42 Å². The Kier molecular flexibility index (Phi) is 12.6. The number of likely N-dealkylation sites (tertiary alicyclic amines) is 1. The summed E-state index contributed by atoms with van der Waals surface area (Å²) in [5.74, 6) is 1.59. The molecule has 3 N–H and O–H groups in total. The van der Waals surface area contributed by atoms with Crippen molar-refractivity contribution in [2.75, 3.05) is 95.0 Å². The molecule has 18 heteroatoms. The smallest absolute Gasteiger partial charge is 0.328 e. The van der Waals surface area contributed by atoms with E-state index in [0.717, 1.165) is 96.2 Å². The third-order valence-electron chi connectivity index (χ3n) is 17.0. The largest absolute Gasteiger partial charge is 0.508 e. The van der Waals surface area contributed by atoms with Crippen LogP contribution in [0.3, 0.4) is 0 Å². The average Bonchev–Trinajstić information content (AvgIpc) is 4.09. The Labute approximate surface area is 428 Å². The number of pyridine rings is 1. The summed E-state index contributed by atoms with van der Waals surface area (Å²) < 4.78 is 45.4. The first-order valence-electron chi connectivity index (χ1n) is 26.3. The monoisotopic (exact) mass is 1010 g/mol. The van der Waals surface area contributed by atoms with E-state index in [-0.39, 0.29) is 75.3 Å². The summed E-state index contributed by atoms with van der Waals surface area (Å²) in [4.78, 5) is 63.0. The molecule has 8 heterocycles. The molecule has 5 aromatic rings. The van der Waals surface area contributed by atoms with Crippen molar-refractivity contribution >= 4 is 51.0 Å². The van der Waals surface area contributed by atoms with Crippen LogP contribution in [-0.2, 0) is 9.53 Å². The number of hydrogen-bond donors (Lipinski definition) is 3. The molecule has 4 amide bonds. The van der Waals surface area contributed by atoms with Crippen LogP contribution in [0.15, 0.2) is 48.7 Å². The van der Waals surface area contributed by atoms with E-state index in [1.165, 1.54) is 29.2 Å². The number of carbonyl (C=O) groups is 3. The van der Waals surface area contributed by atoms with Crippen molar-refractivity contribution in [3.05, 3.63) is 77.0 Å². The van der Waals surface area contributed by atoms with Crippen molar-refractivity contribution in [2.45, 2.75) is 82.4 Å². The predicted octanol–water partition coefficient (Wildman–Crippen LogP) is 6.38. The molecule has 1 saturated carbocycles. The van der Waals surface area contributed by atoms with Crippen molar-refractivity contribution in [1.82, 2.24) is 40.3 Å². The van der Waals surface area contributed by atoms with Gasteiger partial charge in [-0.2, -0.15) is 9.97 Å². The van der Waals surface area contributed by atoms with E-state index in [4.69, 9.17) is 25.9 Å². The van der Waals surface area contributed by atoms with Gasteiger partial charge in [0.2, 0.25) is 5.91 Å². The second kappa shape index (κ2) is 19.3. The summed E-state index contributed by atoms with van der Waals surface area (Å²) in [6, 6.07) is 11.2. The highest BCUT2D eigenvalue weighted by molar-refractivity contribution is 6.07. The Morgan fingerprint density at radius 1 is 0.932 bits per heavy atom. The predicted molar refractivity (Wildman–Crippen MR) is 275 cm³/mol. The van der Waals surface area contributed by atoms with Crippen LogP contribution in [0.4, 0.5) is 25.1 Å². The minimum absolute atomic E-state index is 0.0368. The lowest BCUT2D eigenvalue weighted by molar-refractivity contribution is -0.129. The molecule has 6 aliphatic heterocycles. The molecule has 7 fully saturated rings. The van der Waals surface area contributed by atoms with Gasteiger partial charge in [0.05, 0.1) is 29.8 Å². The quantitative estimate of drug-likeness (QED) is 0.125. The molecule has 74 heavy (non-hydrogen) atoms. The molecular formula is C56H62F2N10O6. The standard InChI is InChI=1S/C56H62F2N10O6/c1-3-41-44(57)9-6-36-24-40(69)26-42(47(36)41)49-48(58)50-43(27-59-49)51(67-29-38-7-8-39(30-67)60-38)63-53(62-50)73-33-55(13-14-55)32-65-22-20-64(21-23-65)28-35-10-12-56(74-31-35)15-18-66(19-16-56)52(71)37-5-4-34(2)45(25-37)68-17-11-46(70)61-54(68)72/h1,4-6,9,24-27,35,38-39,60,69H,7-8,10-23,28-33H2,2H3,(H,61,70,72). The molecule has 3 atom stereocenters. The second-order valence-electron chi connectivity index (χ2n) is 22.0. The number of nitrogens with zero attached hydrogens (tertiary/aromatic N) is 8. The number of terminal acetylenes is 1. The lowest BCUT2D eigenvalue weighted by atomic mass is 9.81. The first-order valence-corrected chi connectivity index (χ1v) is 26.3. The number of anilines is 2. The number of piperidine rings is 1. The number of ether oxygens (including phenoxy) is 2. The summed E-state index contributed by atoms with van der Waals surface area (Å²) in [6.07, 6.45) is 15.3. The summed E-state index contributed by atoms with van der Waals surface area (Å²) in [5, 5.41) is 17.9. The van der Waals surface area contributed by atoms with Crippen molar-refractivity contribution in [1.29, 1.82) is 0 Å². The molecule has 12 rings (SSSR count). The molecule has 2 aromatic heterocycles. The normalized spacial score (nSPS) is 23.9. The van der Waals surface area contributed by atoms with Crippen molar-refractivity contribution in [3.63, 3.8) is 0 Å². The van der Waals surface area contributed by atoms with Crippen molar-refractivity contribution < 1.29 is 37.7 Å². The number of fused-ring (bicyclic) bond motifs is 4. The van der Waals surface area contributed by atoms with Gasteiger partial charge in [0.25, 0.3) is 5.91 Å². The van der Waals surface area contributed by atoms with Crippen LogP contribution in [0, 0.1) is 42.2 Å². The number of nitrogens with one attached hydrogen (secondary N) is 2. The maximum Gasteiger partial charge on any atom is 0.328 e. The summed E-state index contributed by atoms with van der Waals surface area (Å²) in [7, 11) is 0. The molecule has 0 radical (unpaired) electrons. The maximum absolute atomic E-state index is 17.2. The molecule has 16 nitrogen and oxygen atoms in total. The molecule has 2 bridgehead atoms. The zero-order chi connectivity index (χ0) is 50.9. The third kappa shape index (κ3) is 9.37. The summed E-state index contributed by atoms with van der Waals surface area (Å²) >= 11 is 0. The van der Waals surface area contributed by atoms with Crippen LogP contribution in [-0.4, -0.2) is 155 Å². The van der Waals surface area contributed by atoms with E-state index in [1.54, 1.807) is 12.3 Å². The maximum atomic E-state index is 17.2. The number of aromatic nitrogens is 3. The second-order valence-corrected chi connectivity index (χ2v) is 22.0. The van der Waals surface area contributed by atoms with Crippen LogP contribution < -0.4 is 25.2 Å². The van der Waals surface area contributed by atoms with Crippen LogP contribution >= 0.6 is 0 Å². The number of piperazine rings is 2. The van der Waals surface area contributed by atoms with Crippen molar-refractivity contribution in [2.24, 2.45) is 11.3 Å². The molecule has 3 aromatic carbocycles. The number of carbonyl (C=O) groups excluding carboxylic acids is 3. The number of aryl methyl sites for hydroxylation is 1. The van der Waals surface area contributed by atoms with Crippen molar-refractivity contribution in [3.8, 4) is 35.4 Å². The number of amides is 4. The van der Waals surface area contributed by atoms with Gasteiger partial charge < -0.3 is 39.5 Å². The Hall–Kier alpha value is -6.52. The van der Waals surface area contributed by atoms with Gasteiger partial charge in [-0.25, -0.2) is 13.6 Å². The number of phenolic OH excluding ortho intramolecular Hbond substituents is 1. The lowest BCUT2D eigenvalue weighted by Gasteiger charge is -2.46. The molecular weight excluding hydrogens is 947 g/mol. The fourth-order valence-electron chi connectivity index (χ4n) is 12.5. The Morgan fingerprint density at radius 2 is 1.70 bits per heavy atom. The number of phenols is 1. The van der Waals surface area contributed by atoms with Gasteiger partial charge in [-0.1, -0.05) is 18.1 Å². The number of urea groups is 1. The van der Waals surface area contributed by atoms with Crippen LogP contribution in [0.5, 0.6) is 11.8 Å².